The number of halogens is 2. The normalized spacial score (nSPS) is 12.8. The zero-order valence-electron chi connectivity index (χ0n) is 11.4. The highest BCUT2D eigenvalue weighted by Crippen LogP contribution is 2.36. The predicted octanol–water partition coefficient (Wildman–Crippen LogP) is 3.35. The van der Waals surface area contributed by atoms with Crippen molar-refractivity contribution in [2.75, 3.05) is 37.8 Å². The van der Waals surface area contributed by atoms with Crippen molar-refractivity contribution in [3.05, 3.63) is 22.2 Å². The first-order valence-electron chi connectivity index (χ1n) is 6.02. The van der Waals surface area contributed by atoms with E-state index in [1.165, 1.54) is 0 Å². The van der Waals surface area contributed by atoms with E-state index < -0.39 is 0 Å². The molecule has 1 aromatic carbocycles. The summed E-state index contributed by atoms with van der Waals surface area (Å²) in [4.78, 5) is 4.34. The lowest BCUT2D eigenvalue weighted by Gasteiger charge is -2.33. The fraction of sp³-hybridized carbons (Fsp3) is 0.538. The maximum Gasteiger partial charge on any atom is 0.0749 e. The van der Waals surface area contributed by atoms with Crippen LogP contribution in [0, 0.1) is 0 Å². The quantitative estimate of drug-likeness (QED) is 0.844. The van der Waals surface area contributed by atoms with Crippen LogP contribution >= 0.6 is 23.2 Å². The van der Waals surface area contributed by atoms with Gasteiger partial charge in [0, 0.05) is 24.8 Å². The molecular formula is C13H21Cl2N3. The van der Waals surface area contributed by atoms with E-state index in [1.807, 2.05) is 0 Å². The molecule has 2 N–H and O–H groups in total. The number of hydrogen-bond donors (Lipinski definition) is 1. The molecule has 0 radical (unpaired) electrons. The Morgan fingerprint density at radius 2 is 1.72 bits per heavy atom. The molecule has 1 aromatic rings. The number of nitrogens with two attached hydrogens (primary N) is 1. The second-order valence-corrected chi connectivity index (χ2v) is 5.54. The van der Waals surface area contributed by atoms with E-state index in [9.17, 15) is 0 Å². The van der Waals surface area contributed by atoms with Crippen molar-refractivity contribution in [3.8, 4) is 0 Å². The smallest absolute Gasteiger partial charge is 0.0749 e. The highest BCUT2D eigenvalue weighted by Gasteiger charge is 2.19. The molecule has 0 fully saturated rings. The standard InChI is InChI=1S/C13H21Cl2N3/c1-5-18(9(2)8-17(3)4)13-11(14)6-10(16)7-12(13)15/h6-7,9H,5,8,16H2,1-4H3. The van der Waals surface area contributed by atoms with Gasteiger partial charge in [0.2, 0.25) is 0 Å². The molecule has 0 saturated heterocycles. The Balaban J connectivity index is 3.09. The van der Waals surface area contributed by atoms with Crippen LogP contribution in [0.4, 0.5) is 11.4 Å². The number of hydrogen-bond acceptors (Lipinski definition) is 3. The van der Waals surface area contributed by atoms with Gasteiger partial charge >= 0.3 is 0 Å². The SMILES string of the molecule is CCN(c1c(Cl)cc(N)cc1Cl)C(C)CN(C)C. The van der Waals surface area contributed by atoms with Crippen LogP contribution in [-0.2, 0) is 0 Å². The summed E-state index contributed by atoms with van der Waals surface area (Å²) in [6, 6.07) is 3.81. The van der Waals surface area contributed by atoms with Crippen LogP contribution in [0.5, 0.6) is 0 Å². The molecule has 0 aromatic heterocycles. The van der Waals surface area contributed by atoms with E-state index in [4.69, 9.17) is 28.9 Å². The van der Waals surface area contributed by atoms with Gasteiger partial charge in [-0.05, 0) is 40.1 Å². The first kappa shape index (κ1) is 15.4. The minimum absolute atomic E-state index is 0.323. The van der Waals surface area contributed by atoms with Gasteiger partial charge in [-0.25, -0.2) is 0 Å². The van der Waals surface area contributed by atoms with Crippen LogP contribution in [0.2, 0.25) is 10.0 Å². The van der Waals surface area contributed by atoms with Gasteiger partial charge in [-0.15, -0.1) is 0 Å². The first-order valence-corrected chi connectivity index (χ1v) is 6.78. The average molecular weight is 290 g/mol. The Bertz CT molecular complexity index is 384. The van der Waals surface area contributed by atoms with Crippen LogP contribution in [-0.4, -0.2) is 38.1 Å². The minimum atomic E-state index is 0.323. The number of benzene rings is 1. The van der Waals surface area contributed by atoms with E-state index in [0.29, 0.717) is 21.8 Å². The van der Waals surface area contributed by atoms with Gasteiger partial charge in [-0.2, -0.15) is 0 Å². The molecule has 1 atom stereocenters. The molecule has 5 heteroatoms. The van der Waals surface area contributed by atoms with E-state index in [-0.39, 0.29) is 0 Å². The first-order chi connectivity index (χ1) is 8.36. The van der Waals surface area contributed by atoms with Crippen LogP contribution in [0.3, 0.4) is 0 Å². The number of likely N-dealkylation sites (N-methyl/N-ethyl adjacent to an activating group) is 2. The van der Waals surface area contributed by atoms with Crippen molar-refractivity contribution in [3.63, 3.8) is 0 Å². The minimum Gasteiger partial charge on any atom is -0.399 e. The number of nitrogen functional groups attached to an aromatic ring is 1. The Hall–Kier alpha value is -0.640. The fourth-order valence-corrected chi connectivity index (χ4v) is 2.90. The van der Waals surface area contributed by atoms with Crippen molar-refractivity contribution in [1.82, 2.24) is 4.90 Å². The summed E-state index contributed by atoms with van der Waals surface area (Å²) in [6.07, 6.45) is 0. The van der Waals surface area contributed by atoms with E-state index in [1.54, 1.807) is 12.1 Å². The average Bonchev–Trinajstić information content (AvgIpc) is 2.21. The lowest BCUT2D eigenvalue weighted by atomic mass is 10.2. The van der Waals surface area contributed by atoms with Crippen molar-refractivity contribution < 1.29 is 0 Å². The monoisotopic (exact) mass is 289 g/mol. The summed E-state index contributed by atoms with van der Waals surface area (Å²) in [6.45, 7) is 6.03. The topological polar surface area (TPSA) is 32.5 Å². The molecule has 1 unspecified atom stereocenters. The number of anilines is 2. The highest BCUT2D eigenvalue weighted by atomic mass is 35.5. The molecule has 18 heavy (non-hydrogen) atoms. The lowest BCUT2D eigenvalue weighted by molar-refractivity contribution is 0.373. The Morgan fingerprint density at radius 1 is 1.22 bits per heavy atom. The van der Waals surface area contributed by atoms with Gasteiger partial charge in [-0.1, -0.05) is 23.2 Å². The Labute approximate surface area is 119 Å². The van der Waals surface area contributed by atoms with E-state index >= 15 is 0 Å². The van der Waals surface area contributed by atoms with Gasteiger partial charge in [0.05, 0.1) is 15.7 Å². The maximum absolute atomic E-state index is 6.27. The van der Waals surface area contributed by atoms with Gasteiger partial charge in [0.15, 0.2) is 0 Å². The van der Waals surface area contributed by atoms with Crippen LogP contribution in [0.15, 0.2) is 12.1 Å². The second kappa shape index (κ2) is 6.50. The van der Waals surface area contributed by atoms with Crippen LogP contribution in [0.1, 0.15) is 13.8 Å². The molecule has 102 valence electrons. The summed E-state index contributed by atoms with van der Waals surface area (Å²) in [5.74, 6) is 0. The van der Waals surface area contributed by atoms with Gasteiger partial charge in [0.25, 0.3) is 0 Å². The lowest BCUT2D eigenvalue weighted by Crippen LogP contribution is -2.40. The van der Waals surface area contributed by atoms with Gasteiger partial charge in [0.1, 0.15) is 0 Å². The molecule has 0 aliphatic heterocycles. The molecule has 1 rings (SSSR count). The summed E-state index contributed by atoms with van der Waals surface area (Å²) in [7, 11) is 4.10. The fourth-order valence-electron chi connectivity index (χ4n) is 2.18. The van der Waals surface area contributed by atoms with Gasteiger partial charge in [-0.3, -0.25) is 0 Å². The third kappa shape index (κ3) is 3.67. The summed E-state index contributed by atoms with van der Waals surface area (Å²) >= 11 is 12.5. The molecule has 0 saturated carbocycles. The molecule has 0 aliphatic carbocycles. The van der Waals surface area contributed by atoms with Crippen molar-refractivity contribution in [2.24, 2.45) is 0 Å². The zero-order chi connectivity index (χ0) is 13.9. The van der Waals surface area contributed by atoms with Crippen molar-refractivity contribution >= 4 is 34.6 Å². The Kier molecular flexibility index (Phi) is 5.57. The largest absolute Gasteiger partial charge is 0.399 e. The molecule has 0 heterocycles. The van der Waals surface area contributed by atoms with E-state index in [0.717, 1.165) is 18.8 Å². The van der Waals surface area contributed by atoms with Crippen LogP contribution in [0.25, 0.3) is 0 Å². The van der Waals surface area contributed by atoms with Crippen molar-refractivity contribution in [1.29, 1.82) is 0 Å². The number of rotatable bonds is 5. The summed E-state index contributed by atoms with van der Waals surface area (Å²) < 4.78 is 0. The highest BCUT2D eigenvalue weighted by molar-refractivity contribution is 6.39. The Morgan fingerprint density at radius 3 is 2.11 bits per heavy atom. The van der Waals surface area contributed by atoms with E-state index in [2.05, 4.69) is 37.7 Å². The molecule has 0 spiro atoms. The molecule has 0 bridgehead atoms. The zero-order valence-corrected chi connectivity index (χ0v) is 12.9. The number of nitrogens with zero attached hydrogens (tertiary/aromatic N) is 2. The third-order valence-corrected chi connectivity index (χ3v) is 3.40. The molecule has 0 aliphatic rings. The molecule has 3 nitrogen and oxygen atoms in total. The third-order valence-electron chi connectivity index (χ3n) is 2.83. The maximum atomic E-state index is 6.27. The van der Waals surface area contributed by atoms with Crippen LogP contribution < -0.4 is 10.6 Å². The summed E-state index contributed by atoms with van der Waals surface area (Å²) in [5.41, 5.74) is 7.18. The summed E-state index contributed by atoms with van der Waals surface area (Å²) in [5, 5.41) is 1.21. The molecule has 0 amide bonds. The predicted molar refractivity (Wildman–Crippen MR) is 81.9 cm³/mol. The van der Waals surface area contributed by atoms with Gasteiger partial charge < -0.3 is 15.5 Å². The second-order valence-electron chi connectivity index (χ2n) is 4.73. The molecular weight excluding hydrogens is 269 g/mol. The van der Waals surface area contributed by atoms with Crippen molar-refractivity contribution in [2.45, 2.75) is 19.9 Å².